The van der Waals surface area contributed by atoms with Gasteiger partial charge in [-0.3, -0.25) is 4.79 Å². The summed E-state index contributed by atoms with van der Waals surface area (Å²) in [5.41, 5.74) is 4.86. The summed E-state index contributed by atoms with van der Waals surface area (Å²) in [7, 11) is -7.23. The first-order valence-electron chi connectivity index (χ1n) is 56.5. The molecule has 0 N–H and O–H groups in total. The van der Waals surface area contributed by atoms with Crippen LogP contribution >= 0.6 is 0 Å². The van der Waals surface area contributed by atoms with E-state index in [1.807, 2.05) is 0 Å². The average molecular weight is 2080 g/mol. The van der Waals surface area contributed by atoms with Crippen LogP contribution in [0.5, 0.6) is 0 Å². The summed E-state index contributed by atoms with van der Waals surface area (Å²) in [5, 5.41) is 1.02. The molecule has 4 saturated heterocycles. The standard InChI is InChI=1S/C30H52O3Si.C30H54O3Si.C29H50O3Si.C28H48O4Si.CH4.Cu.Zn/c1-26(2,3)34(8,9)33-22-11-10-19-23-20(12-13-29(19,22)7)28(6)14-15-30(16-17-30)18-21(28)24-25(23)32-27(4,5)31-24;1-26(2,3)34(10,11)33-22-13-12-19-23-20(14-15-30(19,22)9)29(8)17-16-27(4,5)18-21(29)24-25(23)32-28(6,7)31-24;1-18-13-15-28(7)20-14-16-29(8)19(11-12-22(29)32-33(9,10)26(2,3)4)23(20)25-24(21(28)17-18)30-27(5,6)31-25;1-25(2,3)33(8,9)32-21-11-10-18-22-19(13-15-28(18,21)7)27(6)14-12-17(29)16-20(27)23-24(22)31-26(4,5)30-23;;;/h19-25H,10-18H2,1-9H3;19-25H,12-18H2,1-11H3;19-25H,1,11-17H2,2-10H3;18-24H,10-16H2,1-9H3;1H4;;/t19?,20?,21?,22-,23?,24+,25+,28+,29-;19?,20?,21?,22-,23?,24+,25+,29+,30-;19?,20?,21?,22-,23?,24+,25+,28+,29-;18?,19?,20?,21-,22?,23+,24+,27+,28-;;;/m0000.../s1. The average Bonchev–Trinajstić information content (AvgIpc) is 1.55. The number of allylic oxidation sites excluding steroid dienone is 1. The van der Waals surface area contributed by atoms with Gasteiger partial charge in [-0.25, -0.2) is 0 Å². The van der Waals surface area contributed by atoms with Crippen LogP contribution in [-0.2, 0) is 96.9 Å². The van der Waals surface area contributed by atoms with Crippen molar-refractivity contribution in [1.82, 2.24) is 0 Å². The maximum absolute atomic E-state index is 12.6. The Morgan fingerprint density at radius 1 is 0.277 bits per heavy atom. The number of hydrogen-bond donors (Lipinski definition) is 0. The molecule has 21 aliphatic rings. The molecule has 1 radical (unpaired) electrons. The number of fused-ring (bicyclic) bond motifs is 32. The van der Waals surface area contributed by atoms with Crippen molar-refractivity contribution < 1.29 is 96.9 Å². The van der Waals surface area contributed by atoms with Gasteiger partial charge in [-0.1, -0.05) is 172 Å². The summed E-state index contributed by atoms with van der Waals surface area (Å²) in [6.45, 7) is 95.1. The van der Waals surface area contributed by atoms with Crippen molar-refractivity contribution in [1.29, 1.82) is 0 Å². The predicted molar refractivity (Wildman–Crippen MR) is 560 cm³/mol. The number of Topliss-reactive ketones (excluding diaryl/α,β-unsaturated/α-hetero) is 1. The molecule has 0 amide bonds. The van der Waals surface area contributed by atoms with E-state index in [-0.39, 0.29) is 134 Å². The van der Waals surface area contributed by atoms with Gasteiger partial charge in [0.15, 0.2) is 56.4 Å². The molecular weight excluding hydrogens is 1870 g/mol. The van der Waals surface area contributed by atoms with E-state index in [1.165, 1.54) is 173 Å². The number of hydrogen-bond acceptors (Lipinski definition) is 13. The third-order valence-corrected chi connectivity index (χ3v) is 66.3. The van der Waals surface area contributed by atoms with Crippen molar-refractivity contribution in [2.24, 2.45) is 149 Å². The number of carbonyl (C=O) groups excluding carboxylic acids is 1. The first-order valence-corrected chi connectivity index (χ1v) is 68.1. The van der Waals surface area contributed by atoms with E-state index in [9.17, 15) is 4.79 Å². The van der Waals surface area contributed by atoms with Crippen LogP contribution in [0.25, 0.3) is 0 Å². The zero-order valence-corrected chi connectivity index (χ0v) is 102. The van der Waals surface area contributed by atoms with E-state index in [2.05, 4.69) is 267 Å². The Morgan fingerprint density at radius 2 is 0.511 bits per heavy atom. The van der Waals surface area contributed by atoms with Gasteiger partial charge in [0.1, 0.15) is 5.78 Å². The van der Waals surface area contributed by atoms with E-state index in [4.69, 9.17) is 55.6 Å². The van der Waals surface area contributed by atoms with Gasteiger partial charge in [-0.15, -0.1) is 0 Å². The fraction of sp³-hybridized carbons (Fsp3) is 0.975. The Hall–Kier alpha value is 0.940. The fourth-order valence-electron chi connectivity index (χ4n) is 36.2. The third kappa shape index (κ3) is 18.6. The summed E-state index contributed by atoms with van der Waals surface area (Å²) in [6.07, 6.45) is 41.0. The molecular formula is C118H208CuO13Si4Zn. The van der Waals surface area contributed by atoms with Crippen LogP contribution in [0.15, 0.2) is 12.2 Å². The largest absolute Gasteiger partial charge is 0.413 e. The van der Waals surface area contributed by atoms with Gasteiger partial charge in [0.2, 0.25) is 0 Å². The first kappa shape index (κ1) is 112. The Balaban J connectivity index is 0.000000138. The van der Waals surface area contributed by atoms with Crippen LogP contribution in [0.3, 0.4) is 0 Å². The van der Waals surface area contributed by atoms with Crippen LogP contribution in [0.4, 0.5) is 0 Å². The van der Waals surface area contributed by atoms with Gasteiger partial charge in [0.25, 0.3) is 0 Å². The summed E-state index contributed by atoms with van der Waals surface area (Å²) in [6, 6.07) is 0. The molecule has 4 aliphatic heterocycles. The van der Waals surface area contributed by atoms with Crippen molar-refractivity contribution >= 4 is 39.1 Å². The molecule has 0 aromatic rings. The SMILES string of the molecule is C.C=C1CC[C@]2(C)C3CC[C@@]4(C)C(CC[C@@H]4O[Si](C)(C)C(C)(C)C)C3[C@H]3OC(C)(C)O[C@@H]3C2C1.CC1(C)CC[C@]2(C)C3CC[C@@]4(C)C(CC[C@@H]4O[Si](C)(C)C(C)(C)C)C3[C@H]3OC(C)(C)O[C@@H]3C2C1.CC1(C)O[C@@H]2C3C(CC[C@@]4(C)C3CC[C@@H]4O[Si](C)(C)C(C)(C)C)[C@@]3(C)CCC(=O)CC3[C@H]2O1.CC1(C)O[C@@H]2C3C(CC[C@@]4(C)C3CC[C@@H]4O[Si](C)(C)C(C)(C)C)[C@@]3(C)CCC4(CC4)CC3[C@H]2O1.[Cu].[Zn]. The second-order valence-electron chi connectivity index (χ2n) is 62.1. The van der Waals surface area contributed by atoms with E-state index < -0.39 is 56.4 Å². The van der Waals surface area contributed by atoms with Crippen LogP contribution < -0.4 is 0 Å². The zero-order chi connectivity index (χ0) is 98.0. The summed E-state index contributed by atoms with van der Waals surface area (Å²) in [4.78, 5) is 12.6. The van der Waals surface area contributed by atoms with Gasteiger partial charge in [-0.2, -0.15) is 0 Å². The minimum atomic E-state index is -1.83. The molecule has 0 aromatic carbocycles. The van der Waals surface area contributed by atoms with E-state index in [1.54, 1.807) is 0 Å². The van der Waals surface area contributed by atoms with Crippen molar-refractivity contribution in [3.8, 4) is 0 Å². The molecule has 36 atom stereocenters. The van der Waals surface area contributed by atoms with E-state index >= 15 is 0 Å². The molecule has 21 rings (SSSR count). The molecule has 137 heavy (non-hydrogen) atoms. The molecule has 13 nitrogen and oxygen atoms in total. The minimum absolute atomic E-state index is 0. The quantitative estimate of drug-likeness (QED) is 0.169. The topological polar surface area (TPSA) is 128 Å². The van der Waals surface area contributed by atoms with Gasteiger partial charge in [-0.05, 0) is 451 Å². The van der Waals surface area contributed by atoms with Gasteiger partial charge < -0.3 is 55.6 Å². The molecule has 1 spiro atoms. The fourth-order valence-corrected chi connectivity index (χ4v) is 42.0. The van der Waals surface area contributed by atoms with Gasteiger partial charge >= 0.3 is 0 Å². The molecule has 17 saturated carbocycles. The normalized spacial score (nSPS) is 48.7. The van der Waals surface area contributed by atoms with Crippen molar-refractivity contribution in [2.45, 2.75) is 577 Å². The molecule has 0 bridgehead atoms. The summed E-state index contributed by atoms with van der Waals surface area (Å²) >= 11 is 0. The van der Waals surface area contributed by atoms with E-state index in [0.717, 1.165) is 37.0 Å². The van der Waals surface area contributed by atoms with Crippen LogP contribution in [-0.4, -0.2) is 135 Å². The van der Waals surface area contributed by atoms with Crippen LogP contribution in [0.2, 0.25) is 72.5 Å². The maximum Gasteiger partial charge on any atom is 0.192 e. The smallest absolute Gasteiger partial charge is 0.192 e. The molecule has 19 heteroatoms. The number of ether oxygens (including phenoxy) is 8. The van der Waals surface area contributed by atoms with Gasteiger partial charge in [0.05, 0.1) is 73.2 Å². The van der Waals surface area contributed by atoms with Gasteiger partial charge in [0, 0.05) is 55.3 Å². The number of ketones is 1. The zero-order valence-electron chi connectivity index (χ0n) is 94.4. The second-order valence-corrected chi connectivity index (χ2v) is 81.1. The molecule has 21 fully saturated rings. The van der Waals surface area contributed by atoms with Crippen LogP contribution in [0.1, 0.15) is 408 Å². The molecule has 0 aromatic heterocycles. The summed E-state index contributed by atoms with van der Waals surface area (Å²) in [5.74, 6) is 8.60. The number of carbonyl (C=O) groups is 1. The maximum atomic E-state index is 12.6. The Bertz CT molecular complexity index is 4120. The second kappa shape index (κ2) is 36.1. The van der Waals surface area contributed by atoms with E-state index in [0.29, 0.717) is 147 Å². The Morgan fingerprint density at radius 3 is 0.796 bits per heavy atom. The monoisotopic (exact) mass is 2070 g/mol. The molecule has 4 heterocycles. The predicted octanol–water partition coefficient (Wildman–Crippen LogP) is 31.2. The van der Waals surface area contributed by atoms with Crippen LogP contribution in [0, 0.1) is 149 Å². The van der Waals surface area contributed by atoms with Crippen molar-refractivity contribution in [2.75, 3.05) is 0 Å². The molecule has 16 unspecified atom stereocenters. The molecule has 17 aliphatic carbocycles. The summed E-state index contributed by atoms with van der Waals surface area (Å²) < 4.78 is 83.0. The van der Waals surface area contributed by atoms with Crippen molar-refractivity contribution in [3.63, 3.8) is 0 Å². The Labute approximate surface area is 867 Å². The third-order valence-electron chi connectivity index (χ3n) is 48.3. The van der Waals surface area contributed by atoms with Crippen molar-refractivity contribution in [3.05, 3.63) is 12.2 Å². The first-order chi connectivity index (χ1) is 61.2. The minimum Gasteiger partial charge on any atom is -0.413 e. The Kier molecular flexibility index (Phi) is 29.5. The number of rotatable bonds is 8. The molecule has 787 valence electrons.